The molecule has 0 amide bonds. The molecule has 8 heteroatoms. The molecule has 1 aliphatic heterocycles. The second-order valence-corrected chi connectivity index (χ2v) is 8.65. The van der Waals surface area contributed by atoms with Crippen LogP contribution in [0.15, 0.2) is 47.4 Å². The average molecular weight is 404 g/mol. The molecule has 0 unspecified atom stereocenters. The van der Waals surface area contributed by atoms with Gasteiger partial charge in [0.1, 0.15) is 0 Å². The molecule has 0 saturated carbocycles. The number of aromatic carboxylic acids is 1. The van der Waals surface area contributed by atoms with Gasteiger partial charge in [-0.2, -0.15) is 0 Å². The summed E-state index contributed by atoms with van der Waals surface area (Å²) in [6.45, 7) is 6.51. The highest BCUT2D eigenvalue weighted by molar-refractivity contribution is 7.92. The number of rotatable bonds is 6. The maximum atomic E-state index is 12.7. The molecule has 150 valence electrons. The van der Waals surface area contributed by atoms with E-state index in [2.05, 4.69) is 4.72 Å². The molecule has 1 heterocycles. The number of hydrogen-bond donors (Lipinski definition) is 2. The lowest BCUT2D eigenvalue weighted by Crippen LogP contribution is -2.36. The fraction of sp³-hybridized carbons (Fsp3) is 0.350. The number of anilines is 2. The van der Waals surface area contributed by atoms with Crippen LogP contribution in [-0.2, 0) is 14.8 Å². The van der Waals surface area contributed by atoms with Crippen LogP contribution in [-0.4, -0.2) is 45.8 Å². The number of hydrogen-bond acceptors (Lipinski definition) is 5. The van der Waals surface area contributed by atoms with Crippen LogP contribution in [0.3, 0.4) is 0 Å². The van der Waals surface area contributed by atoms with Crippen LogP contribution in [0.5, 0.6) is 0 Å². The lowest BCUT2D eigenvalue weighted by molar-refractivity contribution is 0.0698. The molecule has 3 rings (SSSR count). The Hall–Kier alpha value is -2.58. The van der Waals surface area contributed by atoms with Gasteiger partial charge in [0.15, 0.2) is 0 Å². The summed E-state index contributed by atoms with van der Waals surface area (Å²) in [6.07, 6.45) is 0. The molecular weight excluding hydrogens is 380 g/mol. The molecule has 0 aliphatic carbocycles. The second-order valence-electron chi connectivity index (χ2n) is 6.96. The lowest BCUT2D eigenvalue weighted by atomic mass is 10.0. The summed E-state index contributed by atoms with van der Waals surface area (Å²) in [6, 6.07) is 11.3. The molecular formula is C20H24N2O5S. The predicted molar refractivity (Wildman–Crippen MR) is 108 cm³/mol. The zero-order valence-corrected chi connectivity index (χ0v) is 16.7. The SMILES string of the molecule is CC(C)c1ccc(S(=O)(=O)Nc2ccc(N3CCOCC3)cc2C(=O)O)cc1. The number of morpholine rings is 1. The summed E-state index contributed by atoms with van der Waals surface area (Å²) in [7, 11) is -3.90. The van der Waals surface area contributed by atoms with Gasteiger partial charge in [0.25, 0.3) is 10.0 Å². The van der Waals surface area contributed by atoms with E-state index in [1.165, 1.54) is 24.3 Å². The monoisotopic (exact) mass is 404 g/mol. The van der Waals surface area contributed by atoms with Gasteiger partial charge in [-0.25, -0.2) is 13.2 Å². The van der Waals surface area contributed by atoms with Gasteiger partial charge in [0, 0.05) is 18.8 Å². The van der Waals surface area contributed by atoms with Gasteiger partial charge >= 0.3 is 5.97 Å². The molecule has 7 nitrogen and oxygen atoms in total. The summed E-state index contributed by atoms with van der Waals surface area (Å²) in [5, 5.41) is 9.58. The van der Waals surface area contributed by atoms with Crippen LogP contribution in [0.4, 0.5) is 11.4 Å². The Kier molecular flexibility index (Phi) is 5.90. The summed E-state index contributed by atoms with van der Waals surface area (Å²) >= 11 is 0. The molecule has 0 atom stereocenters. The summed E-state index contributed by atoms with van der Waals surface area (Å²) in [4.78, 5) is 13.8. The normalized spacial score (nSPS) is 14.9. The first kappa shape index (κ1) is 20.2. The van der Waals surface area contributed by atoms with Gasteiger partial charge in [-0.1, -0.05) is 26.0 Å². The van der Waals surface area contributed by atoms with Crippen molar-refractivity contribution >= 4 is 27.4 Å². The Bertz CT molecular complexity index is 949. The number of nitrogens with zero attached hydrogens (tertiary/aromatic N) is 1. The molecule has 28 heavy (non-hydrogen) atoms. The van der Waals surface area contributed by atoms with Gasteiger partial charge in [-0.15, -0.1) is 0 Å². The van der Waals surface area contributed by atoms with Gasteiger partial charge in [0.2, 0.25) is 0 Å². The molecule has 2 aromatic carbocycles. The van der Waals surface area contributed by atoms with Crippen LogP contribution in [0.1, 0.15) is 35.7 Å². The first-order valence-electron chi connectivity index (χ1n) is 9.11. The smallest absolute Gasteiger partial charge is 0.337 e. The first-order valence-corrected chi connectivity index (χ1v) is 10.6. The van der Waals surface area contributed by atoms with E-state index in [0.717, 1.165) is 11.3 Å². The minimum atomic E-state index is -3.90. The van der Waals surface area contributed by atoms with Crippen molar-refractivity contribution in [1.82, 2.24) is 0 Å². The van der Waals surface area contributed by atoms with Crippen molar-refractivity contribution in [2.75, 3.05) is 35.9 Å². The molecule has 1 fully saturated rings. The van der Waals surface area contributed by atoms with E-state index in [4.69, 9.17) is 4.74 Å². The van der Waals surface area contributed by atoms with Gasteiger partial charge < -0.3 is 14.7 Å². The molecule has 0 bridgehead atoms. The quantitative estimate of drug-likeness (QED) is 0.768. The number of sulfonamides is 1. The van der Waals surface area contributed by atoms with E-state index in [1.807, 2.05) is 18.7 Å². The Morgan fingerprint density at radius 2 is 1.75 bits per heavy atom. The van der Waals surface area contributed by atoms with Crippen LogP contribution in [0.25, 0.3) is 0 Å². The van der Waals surface area contributed by atoms with E-state index in [0.29, 0.717) is 26.3 Å². The van der Waals surface area contributed by atoms with E-state index in [-0.39, 0.29) is 22.1 Å². The molecule has 1 saturated heterocycles. The highest BCUT2D eigenvalue weighted by Crippen LogP contribution is 2.27. The summed E-state index contributed by atoms with van der Waals surface area (Å²) in [5.41, 5.74) is 1.70. The average Bonchev–Trinajstić information content (AvgIpc) is 2.68. The van der Waals surface area contributed by atoms with Crippen molar-refractivity contribution in [2.24, 2.45) is 0 Å². The standard InChI is InChI=1S/C20H24N2O5S/c1-14(2)15-3-6-17(7-4-15)28(25,26)21-19-8-5-16(13-18(19)20(23)24)22-9-11-27-12-10-22/h3-8,13-14,21H,9-12H2,1-2H3,(H,23,24). The summed E-state index contributed by atoms with van der Waals surface area (Å²) in [5.74, 6) is -0.904. The molecule has 0 aromatic heterocycles. The number of nitrogens with one attached hydrogen (secondary N) is 1. The van der Waals surface area contributed by atoms with Crippen molar-refractivity contribution in [3.63, 3.8) is 0 Å². The maximum absolute atomic E-state index is 12.7. The third-order valence-corrected chi connectivity index (χ3v) is 6.09. The largest absolute Gasteiger partial charge is 0.478 e. The van der Waals surface area contributed by atoms with E-state index < -0.39 is 16.0 Å². The minimum absolute atomic E-state index is 0.0393. The first-order chi connectivity index (χ1) is 13.3. The van der Waals surface area contributed by atoms with Crippen LogP contribution in [0, 0.1) is 0 Å². The highest BCUT2D eigenvalue weighted by atomic mass is 32.2. The Labute approximate surface area is 165 Å². The fourth-order valence-corrected chi connectivity index (χ4v) is 4.13. The molecule has 0 spiro atoms. The Morgan fingerprint density at radius 1 is 1.11 bits per heavy atom. The predicted octanol–water partition coefficient (Wildman–Crippen LogP) is 3.15. The van der Waals surface area contributed by atoms with E-state index in [1.54, 1.807) is 18.2 Å². The molecule has 0 radical (unpaired) electrons. The van der Waals surface area contributed by atoms with Gasteiger partial charge in [-0.05, 0) is 41.8 Å². The topological polar surface area (TPSA) is 95.9 Å². The van der Waals surface area contributed by atoms with Crippen LogP contribution >= 0.6 is 0 Å². The van der Waals surface area contributed by atoms with Crippen LogP contribution in [0.2, 0.25) is 0 Å². The molecule has 2 aromatic rings. The zero-order chi connectivity index (χ0) is 20.3. The highest BCUT2D eigenvalue weighted by Gasteiger charge is 2.21. The van der Waals surface area contributed by atoms with Crippen LogP contribution < -0.4 is 9.62 Å². The Balaban J connectivity index is 1.88. The van der Waals surface area contributed by atoms with Crippen molar-refractivity contribution in [3.05, 3.63) is 53.6 Å². The minimum Gasteiger partial charge on any atom is -0.478 e. The van der Waals surface area contributed by atoms with Crippen molar-refractivity contribution in [3.8, 4) is 0 Å². The third kappa shape index (κ3) is 4.45. The van der Waals surface area contributed by atoms with Crippen molar-refractivity contribution < 1.29 is 23.1 Å². The Morgan fingerprint density at radius 3 is 2.32 bits per heavy atom. The number of carboxylic acids is 1. The molecule has 1 aliphatic rings. The van der Waals surface area contributed by atoms with Gasteiger partial charge in [0.05, 0.1) is 29.4 Å². The zero-order valence-electron chi connectivity index (χ0n) is 15.9. The van der Waals surface area contributed by atoms with Crippen molar-refractivity contribution in [1.29, 1.82) is 0 Å². The third-order valence-electron chi connectivity index (χ3n) is 4.71. The van der Waals surface area contributed by atoms with E-state index >= 15 is 0 Å². The molecule has 2 N–H and O–H groups in total. The number of carbonyl (C=O) groups is 1. The second kappa shape index (κ2) is 8.20. The lowest BCUT2D eigenvalue weighted by Gasteiger charge is -2.29. The summed E-state index contributed by atoms with van der Waals surface area (Å²) < 4.78 is 33.1. The van der Waals surface area contributed by atoms with Gasteiger partial charge in [-0.3, -0.25) is 4.72 Å². The fourth-order valence-electron chi connectivity index (χ4n) is 3.05. The maximum Gasteiger partial charge on any atom is 0.337 e. The number of carboxylic acid groups (broad SMARTS) is 1. The van der Waals surface area contributed by atoms with Crippen molar-refractivity contribution in [2.45, 2.75) is 24.7 Å². The number of ether oxygens (including phenoxy) is 1. The number of benzene rings is 2. The van der Waals surface area contributed by atoms with E-state index in [9.17, 15) is 18.3 Å².